The highest BCUT2D eigenvalue weighted by molar-refractivity contribution is 8.14. The van der Waals surface area contributed by atoms with E-state index in [0.717, 1.165) is 17.3 Å². The van der Waals surface area contributed by atoms with Gasteiger partial charge in [0.25, 0.3) is 5.24 Å². The van der Waals surface area contributed by atoms with E-state index in [2.05, 4.69) is 5.32 Å². The molecule has 1 unspecified atom stereocenters. The molecule has 6 heteroatoms. The summed E-state index contributed by atoms with van der Waals surface area (Å²) >= 11 is 1.12. The van der Waals surface area contributed by atoms with Crippen molar-refractivity contribution in [2.45, 2.75) is 19.9 Å². The Morgan fingerprint density at radius 3 is 2.89 bits per heavy atom. The highest BCUT2D eigenvalue weighted by Gasteiger charge is 2.32. The van der Waals surface area contributed by atoms with Gasteiger partial charge in [-0.2, -0.15) is 0 Å². The second-order valence-corrected chi connectivity index (χ2v) is 5.34. The zero-order chi connectivity index (χ0) is 14.0. The average molecular weight is 280 g/mol. The number of hydrogen-bond acceptors (Lipinski definition) is 4. The Hall–Kier alpha value is -1.69. The van der Waals surface area contributed by atoms with Gasteiger partial charge in [0.1, 0.15) is 11.8 Å². The molecular weight excluding hydrogens is 264 g/mol. The number of carbonyl (C=O) groups is 2. The number of nitrogens with zero attached hydrogens (tertiary/aromatic N) is 1. The van der Waals surface area contributed by atoms with Crippen molar-refractivity contribution >= 4 is 28.6 Å². The third-order valence-corrected chi connectivity index (χ3v) is 3.92. The smallest absolute Gasteiger partial charge is 0.279 e. The molecule has 0 bridgehead atoms. The molecule has 1 aliphatic heterocycles. The lowest BCUT2D eigenvalue weighted by Gasteiger charge is -2.25. The number of aryl methyl sites for hydroxylation is 1. The normalized spacial score (nSPS) is 18.2. The summed E-state index contributed by atoms with van der Waals surface area (Å²) in [5.41, 5.74) is 1.59. The number of benzene rings is 1. The Kier molecular flexibility index (Phi) is 3.99. The lowest BCUT2D eigenvalue weighted by molar-refractivity contribution is -0.119. The highest BCUT2D eigenvalue weighted by Crippen LogP contribution is 2.26. The maximum Gasteiger partial charge on any atom is 0.279 e. The Bertz CT molecular complexity index is 519. The van der Waals surface area contributed by atoms with Crippen LogP contribution in [-0.2, 0) is 4.79 Å². The molecule has 1 aromatic carbocycles. The SMILES string of the molecule is CCN(C(=O)C1CSC(=O)N1)c1cc(O)ccc1C. The Morgan fingerprint density at radius 1 is 1.58 bits per heavy atom. The molecule has 1 saturated heterocycles. The van der Waals surface area contributed by atoms with E-state index in [-0.39, 0.29) is 16.9 Å². The van der Waals surface area contributed by atoms with Crippen LogP contribution in [0.1, 0.15) is 12.5 Å². The highest BCUT2D eigenvalue weighted by atomic mass is 32.2. The van der Waals surface area contributed by atoms with Gasteiger partial charge in [-0.15, -0.1) is 0 Å². The summed E-state index contributed by atoms with van der Waals surface area (Å²) in [6.07, 6.45) is 0. The first-order chi connectivity index (χ1) is 9.02. The van der Waals surface area contributed by atoms with Gasteiger partial charge in [0.2, 0.25) is 5.91 Å². The molecule has 2 N–H and O–H groups in total. The van der Waals surface area contributed by atoms with E-state index >= 15 is 0 Å². The van der Waals surface area contributed by atoms with Crippen molar-refractivity contribution in [2.24, 2.45) is 0 Å². The van der Waals surface area contributed by atoms with Crippen LogP contribution in [0.2, 0.25) is 0 Å². The molecule has 1 aromatic rings. The van der Waals surface area contributed by atoms with Gasteiger partial charge < -0.3 is 15.3 Å². The molecule has 2 amide bonds. The van der Waals surface area contributed by atoms with Gasteiger partial charge in [0, 0.05) is 18.4 Å². The number of thioether (sulfide) groups is 1. The number of likely N-dealkylation sites (N-methyl/N-ethyl adjacent to an activating group) is 1. The second-order valence-electron chi connectivity index (χ2n) is 4.35. The first-order valence-corrected chi connectivity index (χ1v) is 7.05. The number of phenolic OH excluding ortho intramolecular Hbond substituents is 1. The van der Waals surface area contributed by atoms with Gasteiger partial charge in [-0.05, 0) is 25.5 Å². The maximum absolute atomic E-state index is 12.4. The zero-order valence-corrected chi connectivity index (χ0v) is 11.7. The van der Waals surface area contributed by atoms with Gasteiger partial charge in [-0.25, -0.2) is 0 Å². The van der Waals surface area contributed by atoms with Crippen molar-refractivity contribution in [1.82, 2.24) is 5.32 Å². The third kappa shape index (κ3) is 2.84. The van der Waals surface area contributed by atoms with Gasteiger partial charge in [-0.3, -0.25) is 9.59 Å². The Morgan fingerprint density at radius 2 is 2.32 bits per heavy atom. The van der Waals surface area contributed by atoms with Crippen LogP contribution in [-0.4, -0.2) is 34.6 Å². The first kappa shape index (κ1) is 13.7. The number of phenols is 1. The van der Waals surface area contributed by atoms with Gasteiger partial charge >= 0.3 is 0 Å². The fourth-order valence-electron chi connectivity index (χ4n) is 2.04. The topological polar surface area (TPSA) is 69.6 Å². The second kappa shape index (κ2) is 5.52. The quantitative estimate of drug-likeness (QED) is 0.887. The molecule has 0 radical (unpaired) electrons. The van der Waals surface area contributed by atoms with Crippen LogP contribution >= 0.6 is 11.8 Å². The lowest BCUT2D eigenvalue weighted by Crippen LogP contribution is -2.46. The molecule has 0 aromatic heterocycles. The van der Waals surface area contributed by atoms with E-state index in [0.29, 0.717) is 18.0 Å². The van der Waals surface area contributed by atoms with Crippen molar-refractivity contribution in [3.63, 3.8) is 0 Å². The summed E-state index contributed by atoms with van der Waals surface area (Å²) in [7, 11) is 0. The van der Waals surface area contributed by atoms with Crippen LogP contribution in [0, 0.1) is 6.92 Å². The Balaban J connectivity index is 2.26. The molecule has 1 atom stereocenters. The van der Waals surface area contributed by atoms with Crippen molar-refractivity contribution in [3.8, 4) is 5.75 Å². The van der Waals surface area contributed by atoms with E-state index in [1.165, 1.54) is 0 Å². The number of carbonyl (C=O) groups excluding carboxylic acids is 2. The molecular formula is C13H16N2O3S. The van der Waals surface area contributed by atoms with Crippen molar-refractivity contribution in [2.75, 3.05) is 17.2 Å². The summed E-state index contributed by atoms with van der Waals surface area (Å²) in [5, 5.41) is 12.0. The molecule has 102 valence electrons. The fourth-order valence-corrected chi connectivity index (χ4v) is 2.81. The lowest BCUT2D eigenvalue weighted by atomic mass is 10.1. The van der Waals surface area contributed by atoms with Gasteiger partial charge in [0.05, 0.1) is 5.69 Å². The summed E-state index contributed by atoms with van der Waals surface area (Å²) in [6, 6.07) is 4.44. The van der Waals surface area contributed by atoms with Crippen LogP contribution < -0.4 is 10.2 Å². The predicted octanol–water partition coefficient (Wildman–Crippen LogP) is 1.88. The number of amides is 2. The van der Waals surface area contributed by atoms with Crippen LogP contribution in [0.5, 0.6) is 5.75 Å². The minimum Gasteiger partial charge on any atom is -0.508 e. The van der Waals surface area contributed by atoms with E-state index in [1.807, 2.05) is 13.8 Å². The van der Waals surface area contributed by atoms with Crippen molar-refractivity contribution in [3.05, 3.63) is 23.8 Å². The predicted molar refractivity (Wildman–Crippen MR) is 75.6 cm³/mol. The standard InChI is InChI=1S/C13H16N2O3S/c1-3-15(11-6-9(16)5-4-8(11)2)12(17)10-7-19-13(18)14-10/h4-6,10,16H,3,7H2,1-2H3,(H,14,18). The van der Waals surface area contributed by atoms with E-state index < -0.39 is 6.04 Å². The molecule has 0 aliphatic carbocycles. The minimum absolute atomic E-state index is 0.122. The molecule has 0 saturated carbocycles. The van der Waals surface area contributed by atoms with E-state index in [1.54, 1.807) is 23.1 Å². The molecule has 1 heterocycles. The van der Waals surface area contributed by atoms with E-state index in [9.17, 15) is 14.7 Å². The first-order valence-electron chi connectivity index (χ1n) is 6.07. The Labute approximate surface area is 116 Å². The molecule has 2 rings (SSSR count). The number of rotatable bonds is 3. The third-order valence-electron chi connectivity index (χ3n) is 3.04. The summed E-state index contributed by atoms with van der Waals surface area (Å²) < 4.78 is 0. The minimum atomic E-state index is -0.487. The zero-order valence-electron chi connectivity index (χ0n) is 10.8. The summed E-state index contributed by atoms with van der Waals surface area (Å²) in [5.74, 6) is 0.428. The number of hydrogen-bond donors (Lipinski definition) is 2. The van der Waals surface area contributed by atoms with Crippen molar-refractivity contribution in [1.29, 1.82) is 0 Å². The molecule has 19 heavy (non-hydrogen) atoms. The number of aromatic hydroxyl groups is 1. The largest absolute Gasteiger partial charge is 0.508 e. The molecule has 5 nitrogen and oxygen atoms in total. The molecule has 0 spiro atoms. The van der Waals surface area contributed by atoms with Crippen molar-refractivity contribution < 1.29 is 14.7 Å². The van der Waals surface area contributed by atoms with Crippen LogP contribution in [0.4, 0.5) is 10.5 Å². The van der Waals surface area contributed by atoms with Gasteiger partial charge in [-0.1, -0.05) is 17.8 Å². The van der Waals surface area contributed by atoms with Gasteiger partial charge in [0.15, 0.2) is 0 Å². The average Bonchev–Trinajstić information content (AvgIpc) is 2.81. The fraction of sp³-hybridized carbons (Fsp3) is 0.385. The number of anilines is 1. The molecule has 1 aliphatic rings. The number of nitrogens with one attached hydrogen (secondary N) is 1. The monoisotopic (exact) mass is 280 g/mol. The van der Waals surface area contributed by atoms with Crippen LogP contribution in [0.15, 0.2) is 18.2 Å². The van der Waals surface area contributed by atoms with Crippen LogP contribution in [0.25, 0.3) is 0 Å². The van der Waals surface area contributed by atoms with Crippen LogP contribution in [0.3, 0.4) is 0 Å². The summed E-state index contributed by atoms with van der Waals surface area (Å²) in [4.78, 5) is 25.2. The molecule has 1 fully saturated rings. The maximum atomic E-state index is 12.4. The van der Waals surface area contributed by atoms with E-state index in [4.69, 9.17) is 0 Å². The summed E-state index contributed by atoms with van der Waals surface area (Å²) in [6.45, 7) is 4.23.